The molecule has 98 valence electrons. The summed E-state index contributed by atoms with van der Waals surface area (Å²) in [4.78, 5) is 0. The molecule has 0 aliphatic rings. The van der Waals surface area contributed by atoms with Gasteiger partial charge in [0.1, 0.15) is 12.4 Å². The second-order valence-corrected chi connectivity index (χ2v) is 4.34. The molecule has 0 fully saturated rings. The largest absolute Gasteiger partial charge is 0.489 e. The molecule has 0 aliphatic carbocycles. The van der Waals surface area contributed by atoms with E-state index in [1.165, 1.54) is 12.7 Å². The van der Waals surface area contributed by atoms with E-state index in [1.54, 1.807) is 0 Å². The Balaban J connectivity index is 2.05. The van der Waals surface area contributed by atoms with Crippen LogP contribution in [0.5, 0.6) is 5.75 Å². The summed E-state index contributed by atoms with van der Waals surface area (Å²) in [5, 5.41) is 7.62. The topological polar surface area (TPSA) is 42.3 Å². The fourth-order valence-electron chi connectivity index (χ4n) is 1.81. The smallest absolute Gasteiger partial charge is 0.213 e. The zero-order valence-electron chi connectivity index (χ0n) is 11.1. The van der Waals surface area contributed by atoms with Crippen LogP contribution in [0.25, 0.3) is 0 Å². The van der Waals surface area contributed by atoms with Crippen LogP contribution in [0, 0.1) is 12.3 Å². The van der Waals surface area contributed by atoms with Crippen LogP contribution in [0.4, 0.5) is 0 Å². The Morgan fingerprint density at radius 1 is 1.11 bits per heavy atom. The highest BCUT2D eigenvalue weighted by Gasteiger charge is 2.03. The lowest BCUT2D eigenvalue weighted by atomic mass is 10.1. The highest BCUT2D eigenvalue weighted by Crippen LogP contribution is 2.16. The van der Waals surface area contributed by atoms with Crippen LogP contribution in [0.2, 0.25) is 0 Å². The second-order valence-electron chi connectivity index (χ2n) is 4.34. The summed E-state index contributed by atoms with van der Waals surface area (Å²) in [7, 11) is 1.49. The zero-order chi connectivity index (χ0) is 13.7. The molecule has 0 aromatic heterocycles. The lowest BCUT2D eigenvalue weighted by molar-refractivity contribution is 0.306. The van der Waals surface area contributed by atoms with E-state index in [4.69, 9.17) is 14.9 Å². The fourth-order valence-corrected chi connectivity index (χ4v) is 1.81. The predicted molar refractivity (Wildman–Crippen MR) is 75.8 cm³/mol. The number of benzene rings is 2. The third-order valence-corrected chi connectivity index (χ3v) is 2.79. The van der Waals surface area contributed by atoms with Crippen LogP contribution < -0.4 is 4.74 Å². The Kier molecular flexibility index (Phi) is 4.18. The highest BCUT2D eigenvalue weighted by molar-refractivity contribution is 5.91. The molecular formula is C16H17NO2. The molecule has 2 rings (SSSR count). The van der Waals surface area contributed by atoms with Crippen molar-refractivity contribution in [1.82, 2.24) is 0 Å². The third-order valence-electron chi connectivity index (χ3n) is 2.79. The first-order valence-corrected chi connectivity index (χ1v) is 6.10. The Labute approximate surface area is 113 Å². The van der Waals surface area contributed by atoms with Crippen molar-refractivity contribution in [2.45, 2.75) is 13.5 Å². The van der Waals surface area contributed by atoms with Gasteiger partial charge in [-0.2, -0.15) is 0 Å². The molecule has 0 aliphatic heterocycles. The minimum absolute atomic E-state index is 0.140. The van der Waals surface area contributed by atoms with Crippen LogP contribution >= 0.6 is 0 Å². The lowest BCUT2D eigenvalue weighted by Crippen LogP contribution is -2.02. The van der Waals surface area contributed by atoms with Crippen molar-refractivity contribution in [2.75, 3.05) is 7.11 Å². The zero-order valence-corrected chi connectivity index (χ0v) is 11.1. The summed E-state index contributed by atoms with van der Waals surface area (Å²) >= 11 is 0. The normalized spacial score (nSPS) is 10.0. The van der Waals surface area contributed by atoms with Crippen LogP contribution in [0.3, 0.4) is 0 Å². The van der Waals surface area contributed by atoms with E-state index in [0.29, 0.717) is 12.2 Å². The SMILES string of the molecule is COC(=N)c1cccc(OCc2cccc(C)c2)c1. The van der Waals surface area contributed by atoms with Crippen molar-refractivity contribution >= 4 is 5.90 Å². The molecule has 0 saturated carbocycles. The van der Waals surface area contributed by atoms with Crippen LogP contribution in [-0.2, 0) is 11.3 Å². The number of nitrogens with one attached hydrogen (secondary N) is 1. The van der Waals surface area contributed by atoms with Crippen LogP contribution in [0.15, 0.2) is 48.5 Å². The molecule has 19 heavy (non-hydrogen) atoms. The third kappa shape index (κ3) is 3.58. The maximum atomic E-state index is 7.62. The minimum Gasteiger partial charge on any atom is -0.489 e. The molecule has 0 amide bonds. The molecule has 0 radical (unpaired) electrons. The van der Waals surface area contributed by atoms with E-state index >= 15 is 0 Å². The lowest BCUT2D eigenvalue weighted by Gasteiger charge is -2.09. The summed E-state index contributed by atoms with van der Waals surface area (Å²) in [5.74, 6) is 0.877. The molecule has 2 aromatic rings. The van der Waals surface area contributed by atoms with Gasteiger partial charge < -0.3 is 9.47 Å². The van der Waals surface area contributed by atoms with Gasteiger partial charge in [0.2, 0.25) is 5.90 Å². The van der Waals surface area contributed by atoms with Gasteiger partial charge in [-0.15, -0.1) is 0 Å². The Bertz CT molecular complexity index is 578. The standard InChI is InChI=1S/C16H17NO2/c1-12-5-3-6-13(9-12)11-19-15-8-4-7-14(10-15)16(17)18-2/h3-10,17H,11H2,1-2H3. The summed E-state index contributed by atoms with van der Waals surface area (Å²) < 4.78 is 10.6. The summed E-state index contributed by atoms with van der Waals surface area (Å²) in [5.41, 5.74) is 3.06. The predicted octanol–water partition coefficient (Wildman–Crippen LogP) is 3.55. The van der Waals surface area contributed by atoms with E-state index in [2.05, 4.69) is 19.1 Å². The van der Waals surface area contributed by atoms with Gasteiger partial charge in [0.25, 0.3) is 0 Å². The van der Waals surface area contributed by atoms with E-state index in [-0.39, 0.29) is 5.90 Å². The Hall–Kier alpha value is -2.29. The molecule has 1 N–H and O–H groups in total. The number of hydrogen-bond acceptors (Lipinski definition) is 3. The average Bonchev–Trinajstić information content (AvgIpc) is 2.45. The monoisotopic (exact) mass is 255 g/mol. The second kappa shape index (κ2) is 6.05. The van der Waals surface area contributed by atoms with Crippen molar-refractivity contribution in [3.63, 3.8) is 0 Å². The summed E-state index contributed by atoms with van der Waals surface area (Å²) in [6.45, 7) is 2.58. The Morgan fingerprint density at radius 2 is 1.89 bits per heavy atom. The molecule has 3 heteroatoms. The molecule has 0 saturated heterocycles. The molecule has 0 spiro atoms. The van der Waals surface area contributed by atoms with Crippen LogP contribution in [-0.4, -0.2) is 13.0 Å². The van der Waals surface area contributed by atoms with Crippen molar-refractivity contribution in [1.29, 1.82) is 5.41 Å². The molecule has 3 nitrogen and oxygen atoms in total. The van der Waals surface area contributed by atoms with E-state index < -0.39 is 0 Å². The van der Waals surface area contributed by atoms with Gasteiger partial charge in [-0.05, 0) is 30.7 Å². The summed E-state index contributed by atoms with van der Waals surface area (Å²) in [6.07, 6.45) is 0. The summed E-state index contributed by atoms with van der Waals surface area (Å²) in [6, 6.07) is 15.6. The number of methoxy groups -OCH3 is 1. The highest BCUT2D eigenvalue weighted by atomic mass is 16.5. The molecule has 0 unspecified atom stereocenters. The maximum absolute atomic E-state index is 7.62. The van der Waals surface area contributed by atoms with Gasteiger partial charge in [0.05, 0.1) is 7.11 Å². The van der Waals surface area contributed by atoms with Crippen molar-refractivity contribution in [3.8, 4) is 5.75 Å². The molecule has 2 aromatic carbocycles. The van der Waals surface area contributed by atoms with Crippen LogP contribution in [0.1, 0.15) is 16.7 Å². The van der Waals surface area contributed by atoms with Crippen molar-refractivity contribution in [2.24, 2.45) is 0 Å². The van der Waals surface area contributed by atoms with Crippen molar-refractivity contribution < 1.29 is 9.47 Å². The molecule has 0 atom stereocenters. The molecular weight excluding hydrogens is 238 g/mol. The van der Waals surface area contributed by atoms with Gasteiger partial charge in [0, 0.05) is 5.56 Å². The minimum atomic E-state index is 0.140. The molecule has 0 bridgehead atoms. The average molecular weight is 255 g/mol. The first-order chi connectivity index (χ1) is 9.19. The number of rotatable bonds is 4. The fraction of sp³-hybridized carbons (Fsp3) is 0.188. The first-order valence-electron chi connectivity index (χ1n) is 6.10. The number of hydrogen-bond donors (Lipinski definition) is 1. The van der Waals surface area contributed by atoms with E-state index in [9.17, 15) is 0 Å². The van der Waals surface area contributed by atoms with Gasteiger partial charge in [-0.3, -0.25) is 5.41 Å². The van der Waals surface area contributed by atoms with Gasteiger partial charge in [-0.1, -0.05) is 35.9 Å². The van der Waals surface area contributed by atoms with Gasteiger partial charge >= 0.3 is 0 Å². The molecule has 0 heterocycles. The van der Waals surface area contributed by atoms with Crippen molar-refractivity contribution in [3.05, 3.63) is 65.2 Å². The maximum Gasteiger partial charge on any atom is 0.213 e. The van der Waals surface area contributed by atoms with E-state index in [0.717, 1.165) is 11.3 Å². The van der Waals surface area contributed by atoms with Gasteiger partial charge in [0.15, 0.2) is 0 Å². The van der Waals surface area contributed by atoms with E-state index in [1.807, 2.05) is 36.4 Å². The van der Waals surface area contributed by atoms with Gasteiger partial charge in [-0.25, -0.2) is 0 Å². The first kappa shape index (κ1) is 13.1. The quantitative estimate of drug-likeness (QED) is 0.670. The Morgan fingerprint density at radius 3 is 2.63 bits per heavy atom. The number of ether oxygens (including phenoxy) is 2. The number of aryl methyl sites for hydroxylation is 1.